The van der Waals surface area contributed by atoms with Crippen LogP contribution in [0.25, 0.3) is 0 Å². The van der Waals surface area contributed by atoms with Gasteiger partial charge in [0.1, 0.15) is 5.82 Å². The molecule has 0 spiro atoms. The Hall–Kier alpha value is -1.09. The third kappa shape index (κ3) is 3.19. The van der Waals surface area contributed by atoms with Crippen molar-refractivity contribution in [2.45, 2.75) is 32.7 Å². The van der Waals surface area contributed by atoms with Crippen molar-refractivity contribution in [1.82, 2.24) is 0 Å². The Balaban J connectivity index is 2.13. The molecule has 0 bridgehead atoms. The number of anilines is 1. The fourth-order valence-electron chi connectivity index (χ4n) is 2.11. The van der Waals surface area contributed by atoms with Crippen LogP contribution < -0.4 is 10.6 Å². The third-order valence-electron chi connectivity index (χ3n) is 3.29. The van der Waals surface area contributed by atoms with Crippen molar-refractivity contribution in [2.75, 3.05) is 18.0 Å². The van der Waals surface area contributed by atoms with Gasteiger partial charge in [-0.15, -0.1) is 0 Å². The second kappa shape index (κ2) is 5.50. The van der Waals surface area contributed by atoms with E-state index < -0.39 is 0 Å². The molecule has 1 aliphatic carbocycles. The minimum absolute atomic E-state index is 0.179. The summed E-state index contributed by atoms with van der Waals surface area (Å²) in [6, 6.07) is 5.42. The molecule has 0 aromatic heterocycles. The van der Waals surface area contributed by atoms with Crippen LogP contribution in [0.3, 0.4) is 0 Å². The molecule has 0 saturated heterocycles. The Bertz CT molecular complexity index is 374. The van der Waals surface area contributed by atoms with Gasteiger partial charge in [-0.3, -0.25) is 0 Å². The first kappa shape index (κ1) is 12.4. The summed E-state index contributed by atoms with van der Waals surface area (Å²) in [5.41, 5.74) is 7.06. The number of hydrogen-bond donors (Lipinski definition) is 1. The molecule has 1 aliphatic rings. The first-order chi connectivity index (χ1) is 8.24. The Morgan fingerprint density at radius 3 is 2.71 bits per heavy atom. The van der Waals surface area contributed by atoms with Gasteiger partial charge in [-0.1, -0.05) is 13.0 Å². The molecule has 2 N–H and O–H groups in total. The smallest absolute Gasteiger partial charge is 0.129 e. The van der Waals surface area contributed by atoms with E-state index in [1.165, 1.54) is 12.8 Å². The maximum absolute atomic E-state index is 13.7. The summed E-state index contributed by atoms with van der Waals surface area (Å²) in [5, 5.41) is 0. The van der Waals surface area contributed by atoms with Gasteiger partial charge in [0.25, 0.3) is 0 Å². The van der Waals surface area contributed by atoms with Crippen LogP contribution in [-0.4, -0.2) is 13.1 Å². The molecule has 1 fully saturated rings. The maximum Gasteiger partial charge on any atom is 0.129 e. The van der Waals surface area contributed by atoms with Crippen LogP contribution in [0, 0.1) is 11.7 Å². The fraction of sp³-hybridized carbons (Fsp3) is 0.571. The lowest BCUT2D eigenvalue weighted by Crippen LogP contribution is -2.26. The highest BCUT2D eigenvalue weighted by molar-refractivity contribution is 5.48. The molecule has 1 aromatic rings. The molecule has 0 radical (unpaired) electrons. The highest BCUT2D eigenvalue weighted by Crippen LogP contribution is 2.31. The monoisotopic (exact) mass is 236 g/mol. The normalized spacial score (nSPS) is 15.0. The van der Waals surface area contributed by atoms with Gasteiger partial charge in [0, 0.05) is 30.9 Å². The van der Waals surface area contributed by atoms with Gasteiger partial charge in [-0.05, 0) is 37.3 Å². The van der Waals surface area contributed by atoms with E-state index >= 15 is 0 Å². The average Bonchev–Trinajstić information content (AvgIpc) is 3.12. The van der Waals surface area contributed by atoms with E-state index in [1.54, 1.807) is 12.1 Å². The predicted octanol–water partition coefficient (Wildman–Crippen LogP) is 2.91. The largest absolute Gasteiger partial charge is 0.371 e. The number of rotatable bonds is 6. The first-order valence-electron chi connectivity index (χ1n) is 6.48. The summed E-state index contributed by atoms with van der Waals surface area (Å²) < 4.78 is 13.7. The van der Waals surface area contributed by atoms with E-state index in [0.717, 1.165) is 31.1 Å². The highest BCUT2D eigenvalue weighted by Gasteiger charge is 2.24. The van der Waals surface area contributed by atoms with Gasteiger partial charge in [-0.2, -0.15) is 0 Å². The number of nitrogens with zero attached hydrogens (tertiary/aromatic N) is 1. The van der Waals surface area contributed by atoms with Crippen molar-refractivity contribution in [2.24, 2.45) is 11.7 Å². The summed E-state index contributed by atoms with van der Waals surface area (Å²) in [6.45, 7) is 4.49. The molecule has 0 atom stereocenters. The van der Waals surface area contributed by atoms with E-state index in [1.807, 2.05) is 6.07 Å². The molecule has 0 unspecified atom stereocenters. The maximum atomic E-state index is 13.7. The van der Waals surface area contributed by atoms with E-state index in [9.17, 15) is 4.39 Å². The van der Waals surface area contributed by atoms with Crippen LogP contribution in [0.15, 0.2) is 18.2 Å². The molecule has 17 heavy (non-hydrogen) atoms. The number of halogens is 1. The van der Waals surface area contributed by atoms with Crippen molar-refractivity contribution in [3.05, 3.63) is 29.6 Å². The van der Waals surface area contributed by atoms with E-state index in [-0.39, 0.29) is 12.4 Å². The third-order valence-corrected chi connectivity index (χ3v) is 3.29. The Morgan fingerprint density at radius 1 is 1.41 bits per heavy atom. The van der Waals surface area contributed by atoms with Crippen molar-refractivity contribution in [1.29, 1.82) is 0 Å². The van der Waals surface area contributed by atoms with E-state index in [2.05, 4.69) is 11.8 Å². The van der Waals surface area contributed by atoms with Gasteiger partial charge in [0.2, 0.25) is 0 Å². The lowest BCUT2D eigenvalue weighted by molar-refractivity contribution is 0.608. The summed E-state index contributed by atoms with van der Waals surface area (Å²) in [7, 11) is 0. The minimum atomic E-state index is -0.179. The van der Waals surface area contributed by atoms with Gasteiger partial charge < -0.3 is 10.6 Å². The van der Waals surface area contributed by atoms with Crippen molar-refractivity contribution in [3.63, 3.8) is 0 Å². The van der Waals surface area contributed by atoms with Crippen molar-refractivity contribution >= 4 is 5.69 Å². The molecule has 2 rings (SSSR count). The summed E-state index contributed by atoms with van der Waals surface area (Å²) in [5.74, 6) is 0.640. The lowest BCUT2D eigenvalue weighted by Gasteiger charge is -2.24. The zero-order valence-electron chi connectivity index (χ0n) is 10.5. The van der Waals surface area contributed by atoms with Crippen LogP contribution in [0.5, 0.6) is 0 Å². The zero-order chi connectivity index (χ0) is 12.3. The van der Waals surface area contributed by atoms with E-state index in [0.29, 0.717) is 5.56 Å². The molecule has 94 valence electrons. The fourth-order valence-corrected chi connectivity index (χ4v) is 2.11. The molecule has 1 saturated carbocycles. The molecule has 2 nitrogen and oxygen atoms in total. The lowest BCUT2D eigenvalue weighted by atomic mass is 10.1. The van der Waals surface area contributed by atoms with Gasteiger partial charge >= 0.3 is 0 Å². The molecular weight excluding hydrogens is 215 g/mol. The molecule has 0 heterocycles. The summed E-state index contributed by atoms with van der Waals surface area (Å²) in [6.07, 6.45) is 3.74. The number of benzene rings is 1. The standard InChI is InChI=1S/C14H21FN2/c1-2-7-17(10-11-3-4-11)13-6-5-12(9-16)14(15)8-13/h5-6,8,11H,2-4,7,9-10,16H2,1H3. The van der Waals surface area contributed by atoms with Gasteiger partial charge in [-0.25, -0.2) is 4.39 Å². The van der Waals surface area contributed by atoms with Crippen LogP contribution >= 0.6 is 0 Å². The van der Waals surface area contributed by atoms with Crippen LogP contribution in [-0.2, 0) is 6.54 Å². The van der Waals surface area contributed by atoms with Crippen LogP contribution in [0.2, 0.25) is 0 Å². The summed E-state index contributed by atoms with van der Waals surface area (Å²) in [4.78, 5) is 2.29. The summed E-state index contributed by atoms with van der Waals surface area (Å²) >= 11 is 0. The SMILES string of the molecule is CCCN(CC1CC1)c1ccc(CN)c(F)c1. The zero-order valence-corrected chi connectivity index (χ0v) is 10.5. The second-order valence-corrected chi connectivity index (χ2v) is 4.87. The minimum Gasteiger partial charge on any atom is -0.371 e. The van der Waals surface area contributed by atoms with Gasteiger partial charge in [0.05, 0.1) is 0 Å². The predicted molar refractivity (Wildman–Crippen MR) is 69.5 cm³/mol. The van der Waals surface area contributed by atoms with Gasteiger partial charge in [0.15, 0.2) is 0 Å². The quantitative estimate of drug-likeness (QED) is 0.823. The molecule has 0 aliphatic heterocycles. The number of hydrogen-bond acceptors (Lipinski definition) is 2. The Labute approximate surface area is 103 Å². The van der Waals surface area contributed by atoms with Crippen molar-refractivity contribution < 1.29 is 4.39 Å². The highest BCUT2D eigenvalue weighted by atomic mass is 19.1. The Morgan fingerprint density at radius 2 is 2.18 bits per heavy atom. The van der Waals surface area contributed by atoms with Crippen LogP contribution in [0.1, 0.15) is 31.7 Å². The molecule has 3 heteroatoms. The molecule has 0 amide bonds. The van der Waals surface area contributed by atoms with E-state index in [4.69, 9.17) is 5.73 Å². The second-order valence-electron chi connectivity index (χ2n) is 4.87. The number of nitrogens with two attached hydrogens (primary N) is 1. The topological polar surface area (TPSA) is 29.3 Å². The first-order valence-corrected chi connectivity index (χ1v) is 6.48. The van der Waals surface area contributed by atoms with Crippen molar-refractivity contribution in [3.8, 4) is 0 Å². The molecular formula is C14H21FN2. The molecule has 1 aromatic carbocycles. The average molecular weight is 236 g/mol. The van der Waals surface area contributed by atoms with Crippen LogP contribution in [0.4, 0.5) is 10.1 Å². The Kier molecular flexibility index (Phi) is 4.00.